The molecule has 0 aliphatic carbocycles. The monoisotopic (exact) mass is 375 g/mol. The lowest BCUT2D eigenvalue weighted by atomic mass is 9.96. The van der Waals surface area contributed by atoms with Crippen molar-refractivity contribution in [3.8, 4) is 5.95 Å². The summed E-state index contributed by atoms with van der Waals surface area (Å²) >= 11 is 0. The van der Waals surface area contributed by atoms with Gasteiger partial charge in [0.2, 0.25) is 0 Å². The molecular formula is C20H21N7O. The van der Waals surface area contributed by atoms with E-state index in [1.54, 1.807) is 17.3 Å². The first-order valence-corrected chi connectivity index (χ1v) is 9.35. The highest BCUT2D eigenvalue weighted by Gasteiger charge is 2.23. The maximum atomic E-state index is 5.37. The molecule has 0 bridgehead atoms. The maximum Gasteiger partial charge on any atom is 0.251 e. The van der Waals surface area contributed by atoms with E-state index in [0.717, 1.165) is 37.1 Å². The maximum absolute atomic E-state index is 5.37. The van der Waals surface area contributed by atoms with Crippen molar-refractivity contribution in [3.05, 3.63) is 66.4 Å². The summed E-state index contributed by atoms with van der Waals surface area (Å²) in [6, 6.07) is 4.64. The summed E-state index contributed by atoms with van der Waals surface area (Å²) in [5.41, 5.74) is 3.70. The van der Waals surface area contributed by atoms with Crippen LogP contribution >= 0.6 is 0 Å². The summed E-state index contributed by atoms with van der Waals surface area (Å²) in [6.07, 6.45) is 10.4. The number of aryl methyl sites for hydroxylation is 1. The number of rotatable bonds is 4. The molecule has 1 saturated heterocycles. The van der Waals surface area contributed by atoms with Gasteiger partial charge in [0.15, 0.2) is 0 Å². The molecule has 8 nitrogen and oxygen atoms in total. The van der Waals surface area contributed by atoms with Crippen molar-refractivity contribution in [3.63, 3.8) is 0 Å². The van der Waals surface area contributed by atoms with Gasteiger partial charge in [-0.15, -0.1) is 0 Å². The van der Waals surface area contributed by atoms with Crippen LogP contribution < -0.4 is 5.32 Å². The molecule has 0 amide bonds. The fourth-order valence-corrected chi connectivity index (χ4v) is 3.86. The Morgan fingerprint density at radius 3 is 2.93 bits per heavy atom. The largest absolute Gasteiger partial charge is 0.471 e. The third-order valence-electron chi connectivity index (χ3n) is 5.33. The summed E-state index contributed by atoms with van der Waals surface area (Å²) in [6.45, 7) is 5.88. The zero-order chi connectivity index (χ0) is 18.9. The van der Waals surface area contributed by atoms with Crippen LogP contribution in [-0.4, -0.2) is 49.3 Å². The van der Waals surface area contributed by atoms with Crippen LogP contribution in [0.2, 0.25) is 0 Å². The Bertz CT molecular complexity index is 1070. The highest BCUT2D eigenvalue weighted by Crippen LogP contribution is 2.28. The highest BCUT2D eigenvalue weighted by molar-refractivity contribution is 5.85. The molecule has 8 heteroatoms. The minimum atomic E-state index is 0.295. The number of nitrogens with one attached hydrogen (secondary N) is 1. The van der Waals surface area contributed by atoms with Crippen molar-refractivity contribution >= 4 is 10.8 Å². The molecule has 3 aromatic heterocycles. The van der Waals surface area contributed by atoms with Crippen LogP contribution in [0, 0.1) is 6.92 Å². The second-order valence-corrected chi connectivity index (χ2v) is 7.13. The lowest BCUT2D eigenvalue weighted by Crippen LogP contribution is -2.45. The summed E-state index contributed by atoms with van der Waals surface area (Å²) in [7, 11) is 0. The number of furan rings is 1. The molecule has 1 N–H and O–H groups in total. The Morgan fingerprint density at radius 1 is 1.21 bits per heavy atom. The third-order valence-corrected chi connectivity index (χ3v) is 5.33. The number of fused-ring (bicyclic) bond motifs is 1. The fourth-order valence-electron chi connectivity index (χ4n) is 3.86. The Hall–Kier alpha value is -3.10. The van der Waals surface area contributed by atoms with Crippen molar-refractivity contribution in [2.75, 3.05) is 19.6 Å². The van der Waals surface area contributed by atoms with Gasteiger partial charge >= 0.3 is 0 Å². The quantitative estimate of drug-likeness (QED) is 0.586. The van der Waals surface area contributed by atoms with Crippen LogP contribution in [0.1, 0.15) is 22.7 Å². The van der Waals surface area contributed by atoms with E-state index in [1.165, 1.54) is 22.8 Å². The van der Waals surface area contributed by atoms with Crippen LogP contribution in [-0.2, 0) is 6.54 Å². The summed E-state index contributed by atoms with van der Waals surface area (Å²) < 4.78 is 6.92. The molecule has 5 rings (SSSR count). The van der Waals surface area contributed by atoms with E-state index in [-0.39, 0.29) is 0 Å². The number of aromatic nitrogens is 5. The molecule has 4 aromatic rings. The molecular weight excluding hydrogens is 354 g/mol. The van der Waals surface area contributed by atoms with Gasteiger partial charge < -0.3 is 9.73 Å². The lowest BCUT2D eigenvalue weighted by Gasteiger charge is -2.34. The van der Waals surface area contributed by atoms with E-state index in [4.69, 9.17) is 4.42 Å². The average molecular weight is 375 g/mol. The van der Waals surface area contributed by atoms with Crippen molar-refractivity contribution in [2.24, 2.45) is 0 Å². The molecule has 28 heavy (non-hydrogen) atoms. The Labute approximate surface area is 162 Å². The normalized spacial score (nSPS) is 18.0. The second-order valence-electron chi connectivity index (χ2n) is 7.13. The van der Waals surface area contributed by atoms with Gasteiger partial charge in [-0.1, -0.05) is 12.1 Å². The van der Waals surface area contributed by atoms with Crippen molar-refractivity contribution in [1.29, 1.82) is 0 Å². The molecule has 0 radical (unpaired) electrons. The standard InChI is InChI=1S/C20H21N7O/c1-14-17(3-2-16-10-28-11-18(14)16)19-9-26(5-4-22-19)8-15-6-23-20(24-7-15)27-13-21-12-25-27/h2-3,6-7,10-13,19,22H,4-5,8-9H2,1H3/t19-/m0/s1. The van der Waals surface area contributed by atoms with Gasteiger partial charge in [0.05, 0.1) is 12.5 Å². The number of hydrogen-bond acceptors (Lipinski definition) is 7. The van der Waals surface area contributed by atoms with Gasteiger partial charge in [0, 0.05) is 61.0 Å². The second kappa shape index (κ2) is 7.14. The number of nitrogens with zero attached hydrogens (tertiary/aromatic N) is 6. The SMILES string of the molecule is Cc1c([C@@H]2CN(Cc3cnc(-n4cncn4)nc3)CCN2)ccc2cocc12. The van der Waals surface area contributed by atoms with Crippen molar-refractivity contribution in [1.82, 2.24) is 34.9 Å². The minimum absolute atomic E-state index is 0.295. The Morgan fingerprint density at radius 2 is 2.11 bits per heavy atom. The summed E-state index contributed by atoms with van der Waals surface area (Å²) in [5, 5.41) is 10.1. The van der Waals surface area contributed by atoms with Gasteiger partial charge in [-0.05, 0) is 18.1 Å². The molecule has 1 aliphatic heterocycles. The molecule has 0 spiro atoms. The van der Waals surface area contributed by atoms with E-state index >= 15 is 0 Å². The van der Waals surface area contributed by atoms with E-state index < -0.39 is 0 Å². The van der Waals surface area contributed by atoms with Gasteiger partial charge in [-0.25, -0.2) is 15.0 Å². The van der Waals surface area contributed by atoms with E-state index in [1.807, 2.05) is 18.7 Å². The van der Waals surface area contributed by atoms with Crippen molar-refractivity contribution in [2.45, 2.75) is 19.5 Å². The predicted octanol–water partition coefficient (Wildman–Crippen LogP) is 2.26. The smallest absolute Gasteiger partial charge is 0.251 e. The Kier molecular flexibility index (Phi) is 4.34. The molecule has 1 aromatic carbocycles. The van der Waals surface area contributed by atoms with Gasteiger partial charge in [0.1, 0.15) is 12.7 Å². The van der Waals surface area contributed by atoms with Crippen LogP contribution in [0.25, 0.3) is 16.7 Å². The average Bonchev–Trinajstić information content (AvgIpc) is 3.42. The molecule has 142 valence electrons. The lowest BCUT2D eigenvalue weighted by molar-refractivity contribution is 0.192. The van der Waals surface area contributed by atoms with E-state index in [9.17, 15) is 0 Å². The number of hydrogen-bond donors (Lipinski definition) is 1. The summed E-state index contributed by atoms with van der Waals surface area (Å²) in [4.78, 5) is 15.2. The zero-order valence-corrected chi connectivity index (χ0v) is 15.6. The highest BCUT2D eigenvalue weighted by atomic mass is 16.3. The molecule has 1 atom stereocenters. The van der Waals surface area contributed by atoms with Gasteiger partial charge in [-0.3, -0.25) is 4.90 Å². The van der Waals surface area contributed by atoms with Gasteiger partial charge in [0.25, 0.3) is 5.95 Å². The topological polar surface area (TPSA) is 84.9 Å². The molecule has 0 unspecified atom stereocenters. The van der Waals surface area contributed by atoms with Crippen LogP contribution in [0.4, 0.5) is 0 Å². The van der Waals surface area contributed by atoms with E-state index in [2.05, 4.69) is 49.3 Å². The molecule has 0 saturated carbocycles. The first-order chi connectivity index (χ1) is 13.8. The summed E-state index contributed by atoms with van der Waals surface area (Å²) in [5.74, 6) is 0.531. The first-order valence-electron chi connectivity index (χ1n) is 9.35. The molecule has 1 fully saturated rings. The van der Waals surface area contributed by atoms with Crippen molar-refractivity contribution < 1.29 is 4.42 Å². The molecule has 4 heterocycles. The zero-order valence-electron chi connectivity index (χ0n) is 15.6. The van der Waals surface area contributed by atoms with Crippen LogP contribution in [0.5, 0.6) is 0 Å². The first kappa shape index (κ1) is 17.0. The van der Waals surface area contributed by atoms with Crippen LogP contribution in [0.15, 0.2) is 54.1 Å². The Balaban J connectivity index is 1.31. The molecule has 1 aliphatic rings. The number of benzene rings is 1. The van der Waals surface area contributed by atoms with Gasteiger partial charge in [-0.2, -0.15) is 9.78 Å². The minimum Gasteiger partial charge on any atom is -0.471 e. The number of piperazine rings is 1. The predicted molar refractivity (Wildman–Crippen MR) is 104 cm³/mol. The van der Waals surface area contributed by atoms with Crippen LogP contribution in [0.3, 0.4) is 0 Å². The van der Waals surface area contributed by atoms with E-state index in [0.29, 0.717) is 12.0 Å². The third kappa shape index (κ3) is 3.17. The fraction of sp³-hybridized carbons (Fsp3) is 0.300.